The summed E-state index contributed by atoms with van der Waals surface area (Å²) >= 11 is 0. The molecule has 0 fully saturated rings. The van der Waals surface area contributed by atoms with Crippen LogP contribution in [0.5, 0.6) is 0 Å². The van der Waals surface area contributed by atoms with Crippen molar-refractivity contribution < 1.29 is 14.3 Å². The van der Waals surface area contributed by atoms with E-state index in [0.717, 1.165) is 0 Å². The second-order valence-electron chi connectivity index (χ2n) is 4.47. The average Bonchev–Trinajstić information content (AvgIpc) is 2.14. The number of carbonyl (C=O) groups is 2. The number of esters is 1. The lowest BCUT2D eigenvalue weighted by atomic mass is 10.2. The number of ether oxygens (including phenoxy) is 1. The maximum absolute atomic E-state index is 11.5. The second-order valence-corrected chi connectivity index (χ2v) is 4.47. The minimum Gasteiger partial charge on any atom is -0.460 e. The third-order valence-electron chi connectivity index (χ3n) is 1.51. The smallest absolute Gasteiger partial charge is 0.315 e. The van der Waals surface area contributed by atoms with Crippen LogP contribution in [0, 0.1) is 0 Å². The van der Waals surface area contributed by atoms with Crippen molar-refractivity contribution in [1.82, 2.24) is 5.32 Å². The number of carbonyl (C=O) groups excluding carboxylic acids is 2. The predicted octanol–water partition coefficient (Wildman–Crippen LogP) is 1.08. The van der Waals surface area contributed by atoms with Gasteiger partial charge in [-0.05, 0) is 27.5 Å². The zero-order chi connectivity index (χ0) is 14.2. The highest BCUT2D eigenvalue weighted by Gasteiger charge is 2.19. The van der Waals surface area contributed by atoms with Gasteiger partial charge in [0.25, 0.3) is 0 Å². The standard InChI is InChI=1S/C12H19N3O3/c1-12(2,3)18-11(17)6-10(16)15-9(7-13-4)8-14-5/h7-8H,4,6H2,1-3,5H3,(H,15,16)/b9-7+,14-8-. The molecule has 0 aliphatic heterocycles. The Kier molecular flexibility index (Phi) is 6.56. The fraction of sp³-hybridized carbons (Fsp3) is 0.500. The van der Waals surface area contributed by atoms with Gasteiger partial charge in [0.2, 0.25) is 5.91 Å². The molecule has 0 aromatic rings. The van der Waals surface area contributed by atoms with E-state index < -0.39 is 17.5 Å². The summed E-state index contributed by atoms with van der Waals surface area (Å²) in [4.78, 5) is 30.2. The van der Waals surface area contributed by atoms with E-state index in [-0.39, 0.29) is 6.42 Å². The Labute approximate surface area is 107 Å². The molecule has 0 aromatic carbocycles. The molecule has 100 valence electrons. The van der Waals surface area contributed by atoms with Crippen molar-refractivity contribution in [3.05, 3.63) is 11.9 Å². The van der Waals surface area contributed by atoms with Crippen LogP contribution >= 0.6 is 0 Å². The van der Waals surface area contributed by atoms with Crippen LogP contribution in [0.3, 0.4) is 0 Å². The molecule has 0 heterocycles. The van der Waals surface area contributed by atoms with E-state index in [2.05, 4.69) is 22.0 Å². The summed E-state index contributed by atoms with van der Waals surface area (Å²) in [5.41, 5.74) is -0.245. The fourth-order valence-corrected chi connectivity index (χ4v) is 1.05. The largest absolute Gasteiger partial charge is 0.460 e. The molecule has 0 radical (unpaired) electrons. The number of nitrogens with one attached hydrogen (secondary N) is 1. The normalized spacial score (nSPS) is 12.3. The predicted molar refractivity (Wildman–Crippen MR) is 70.7 cm³/mol. The first-order valence-electron chi connectivity index (χ1n) is 5.38. The lowest BCUT2D eigenvalue weighted by molar-refractivity contribution is -0.156. The number of allylic oxidation sites excluding steroid dienone is 1. The van der Waals surface area contributed by atoms with Gasteiger partial charge in [0, 0.05) is 13.3 Å². The van der Waals surface area contributed by atoms with Crippen molar-refractivity contribution >= 4 is 24.8 Å². The molecule has 18 heavy (non-hydrogen) atoms. The topological polar surface area (TPSA) is 80.1 Å². The highest BCUT2D eigenvalue weighted by Crippen LogP contribution is 2.08. The number of hydrogen-bond donors (Lipinski definition) is 1. The van der Waals surface area contributed by atoms with Gasteiger partial charge in [-0.1, -0.05) is 0 Å². The summed E-state index contributed by atoms with van der Waals surface area (Å²) in [6.07, 6.45) is 2.38. The van der Waals surface area contributed by atoms with E-state index in [1.807, 2.05) is 0 Å². The molecule has 0 spiro atoms. The molecule has 0 bridgehead atoms. The molecule has 6 nitrogen and oxygen atoms in total. The summed E-state index contributed by atoms with van der Waals surface area (Å²) in [6.45, 7) is 8.48. The van der Waals surface area contributed by atoms with Crippen molar-refractivity contribution in [3.8, 4) is 0 Å². The Balaban J connectivity index is 4.38. The van der Waals surface area contributed by atoms with Crippen LogP contribution in [0.25, 0.3) is 0 Å². The molecule has 1 amide bonds. The molecular formula is C12H19N3O3. The number of rotatable bonds is 5. The molecule has 0 unspecified atom stereocenters. The van der Waals surface area contributed by atoms with Crippen LogP contribution in [-0.2, 0) is 14.3 Å². The molecule has 0 rings (SSSR count). The molecule has 0 atom stereocenters. The first-order chi connectivity index (χ1) is 8.28. The van der Waals surface area contributed by atoms with Crippen molar-refractivity contribution in [1.29, 1.82) is 0 Å². The monoisotopic (exact) mass is 253 g/mol. The number of aliphatic imine (C=N–C) groups is 2. The molecule has 6 heteroatoms. The molecule has 0 aliphatic rings. The highest BCUT2D eigenvalue weighted by atomic mass is 16.6. The number of hydrogen-bond acceptors (Lipinski definition) is 5. The first kappa shape index (κ1) is 16.0. The van der Waals surface area contributed by atoms with E-state index in [1.165, 1.54) is 12.4 Å². The van der Waals surface area contributed by atoms with Crippen LogP contribution in [0.2, 0.25) is 0 Å². The maximum atomic E-state index is 11.5. The van der Waals surface area contributed by atoms with Crippen molar-refractivity contribution in [2.75, 3.05) is 7.05 Å². The van der Waals surface area contributed by atoms with E-state index in [0.29, 0.717) is 5.70 Å². The van der Waals surface area contributed by atoms with Crippen LogP contribution < -0.4 is 5.32 Å². The lowest BCUT2D eigenvalue weighted by Crippen LogP contribution is -2.30. The summed E-state index contributed by atoms with van der Waals surface area (Å²) in [5.74, 6) is -1.07. The Morgan fingerprint density at radius 2 is 2.00 bits per heavy atom. The minimum atomic E-state index is -0.608. The summed E-state index contributed by atoms with van der Waals surface area (Å²) in [5, 5.41) is 2.47. The van der Waals surface area contributed by atoms with E-state index in [9.17, 15) is 9.59 Å². The SMILES string of the molecule is C=N/C=C(\C=N/C)NC(=O)CC(=O)OC(C)(C)C. The Hall–Kier alpha value is -1.98. The maximum Gasteiger partial charge on any atom is 0.315 e. The van der Waals surface area contributed by atoms with Crippen molar-refractivity contribution in [2.45, 2.75) is 32.8 Å². The van der Waals surface area contributed by atoms with Crippen LogP contribution in [0.1, 0.15) is 27.2 Å². The summed E-state index contributed by atoms with van der Waals surface area (Å²) < 4.78 is 5.02. The third kappa shape index (κ3) is 8.20. The zero-order valence-corrected chi connectivity index (χ0v) is 11.2. The van der Waals surface area contributed by atoms with Gasteiger partial charge >= 0.3 is 5.97 Å². The fourth-order valence-electron chi connectivity index (χ4n) is 1.05. The lowest BCUT2D eigenvalue weighted by Gasteiger charge is -2.19. The second kappa shape index (κ2) is 7.37. The Bertz CT molecular complexity index is 379. The van der Waals surface area contributed by atoms with Crippen LogP contribution in [-0.4, -0.2) is 37.5 Å². The van der Waals surface area contributed by atoms with E-state index in [1.54, 1.807) is 27.8 Å². The summed E-state index contributed by atoms with van der Waals surface area (Å²) in [7, 11) is 1.55. The third-order valence-corrected chi connectivity index (χ3v) is 1.51. The van der Waals surface area contributed by atoms with E-state index in [4.69, 9.17) is 4.74 Å². The quantitative estimate of drug-likeness (QED) is 0.452. The first-order valence-corrected chi connectivity index (χ1v) is 5.38. The van der Waals surface area contributed by atoms with Gasteiger partial charge in [-0.2, -0.15) is 0 Å². The van der Waals surface area contributed by atoms with Crippen molar-refractivity contribution in [2.24, 2.45) is 9.98 Å². The van der Waals surface area contributed by atoms with Gasteiger partial charge in [-0.25, -0.2) is 0 Å². The van der Waals surface area contributed by atoms with Gasteiger partial charge in [-0.3, -0.25) is 19.6 Å². The van der Waals surface area contributed by atoms with Gasteiger partial charge in [0.15, 0.2) is 0 Å². The minimum absolute atomic E-state index is 0.358. The molecule has 1 N–H and O–H groups in total. The van der Waals surface area contributed by atoms with Crippen molar-refractivity contribution in [3.63, 3.8) is 0 Å². The molecule has 0 saturated heterocycles. The van der Waals surface area contributed by atoms with Crippen LogP contribution in [0.15, 0.2) is 21.9 Å². The molecule has 0 saturated carbocycles. The summed E-state index contributed by atoms with van der Waals surface area (Å²) in [6, 6.07) is 0. The average molecular weight is 253 g/mol. The number of amides is 1. The zero-order valence-electron chi connectivity index (χ0n) is 11.2. The molecular weight excluding hydrogens is 234 g/mol. The van der Waals surface area contributed by atoms with Gasteiger partial charge in [0.1, 0.15) is 12.0 Å². The molecule has 0 aromatic heterocycles. The van der Waals surface area contributed by atoms with E-state index >= 15 is 0 Å². The van der Waals surface area contributed by atoms with Crippen LogP contribution in [0.4, 0.5) is 0 Å². The Morgan fingerprint density at radius 1 is 1.39 bits per heavy atom. The number of nitrogens with zero attached hydrogens (tertiary/aromatic N) is 2. The Morgan fingerprint density at radius 3 is 2.44 bits per heavy atom. The van der Waals surface area contributed by atoms with Gasteiger partial charge < -0.3 is 10.1 Å². The molecule has 0 aliphatic carbocycles. The van der Waals surface area contributed by atoms with Gasteiger partial charge in [-0.15, -0.1) is 0 Å². The van der Waals surface area contributed by atoms with Gasteiger partial charge in [0.05, 0.1) is 11.9 Å². The highest BCUT2D eigenvalue weighted by molar-refractivity contribution is 5.97.